The van der Waals surface area contributed by atoms with Crippen molar-refractivity contribution in [2.24, 2.45) is 5.73 Å². The van der Waals surface area contributed by atoms with Crippen LogP contribution in [0, 0.1) is 5.82 Å². The van der Waals surface area contributed by atoms with Crippen molar-refractivity contribution < 1.29 is 9.18 Å². The molecular formula is C14H20FN3O. The van der Waals surface area contributed by atoms with E-state index in [4.69, 9.17) is 5.73 Å². The zero-order chi connectivity index (χ0) is 14.0. The smallest absolute Gasteiger partial charge is 0.318 e. The number of amides is 2. The molecule has 0 radical (unpaired) electrons. The monoisotopic (exact) mass is 265 g/mol. The Balaban J connectivity index is 2.02. The predicted molar refractivity (Wildman–Crippen MR) is 72.1 cm³/mol. The van der Waals surface area contributed by atoms with E-state index in [9.17, 15) is 9.18 Å². The largest absolute Gasteiger partial charge is 0.329 e. The third-order valence-electron chi connectivity index (χ3n) is 3.29. The fourth-order valence-corrected chi connectivity index (χ4v) is 2.14. The number of halogens is 1. The molecule has 1 fully saturated rings. The maximum Gasteiger partial charge on any atom is 0.318 e. The molecule has 104 valence electrons. The van der Waals surface area contributed by atoms with Gasteiger partial charge in [-0.05, 0) is 26.3 Å². The van der Waals surface area contributed by atoms with Crippen LogP contribution in [0.5, 0.6) is 0 Å². The molecule has 1 aliphatic rings. The highest BCUT2D eigenvalue weighted by Gasteiger charge is 2.31. The van der Waals surface area contributed by atoms with Crippen LogP contribution < -0.4 is 11.1 Å². The fourth-order valence-electron chi connectivity index (χ4n) is 2.14. The molecule has 2 rings (SSSR count). The number of rotatable bonds is 4. The Kier molecular flexibility index (Phi) is 3.75. The quantitative estimate of drug-likeness (QED) is 0.875. The number of nitrogens with one attached hydrogen (secondary N) is 1. The summed E-state index contributed by atoms with van der Waals surface area (Å²) in [4.78, 5) is 13.5. The van der Waals surface area contributed by atoms with Gasteiger partial charge in [-0.1, -0.05) is 18.2 Å². The second-order valence-electron chi connectivity index (χ2n) is 5.71. The molecule has 0 saturated carbocycles. The summed E-state index contributed by atoms with van der Waals surface area (Å²) in [6.07, 6.45) is 0.713. The SMILES string of the molecule is CC(C)(N)CCN1CC(c2ccccc2F)NC1=O. The highest BCUT2D eigenvalue weighted by atomic mass is 19.1. The maximum absolute atomic E-state index is 13.7. The van der Waals surface area contributed by atoms with Crippen molar-refractivity contribution in [3.8, 4) is 0 Å². The van der Waals surface area contributed by atoms with Gasteiger partial charge < -0.3 is 16.0 Å². The lowest BCUT2D eigenvalue weighted by atomic mass is 10.0. The molecule has 5 heteroatoms. The first-order valence-corrected chi connectivity index (χ1v) is 6.45. The predicted octanol–water partition coefficient (Wildman–Crippen LogP) is 2.02. The average molecular weight is 265 g/mol. The minimum absolute atomic E-state index is 0.155. The summed E-state index contributed by atoms with van der Waals surface area (Å²) in [5.74, 6) is -0.284. The highest BCUT2D eigenvalue weighted by Crippen LogP contribution is 2.23. The second-order valence-corrected chi connectivity index (χ2v) is 5.71. The minimum atomic E-state index is -0.309. The van der Waals surface area contributed by atoms with Crippen molar-refractivity contribution >= 4 is 6.03 Å². The van der Waals surface area contributed by atoms with E-state index in [1.165, 1.54) is 6.07 Å². The van der Waals surface area contributed by atoms with E-state index in [1.54, 1.807) is 23.1 Å². The standard InChI is InChI=1S/C14H20FN3O/c1-14(2,16)7-8-18-9-12(17-13(18)19)10-5-3-4-6-11(10)15/h3-6,12H,7-9,16H2,1-2H3,(H,17,19). The molecule has 19 heavy (non-hydrogen) atoms. The normalized spacial score (nSPS) is 19.7. The molecule has 1 unspecified atom stereocenters. The van der Waals surface area contributed by atoms with Crippen molar-refractivity contribution in [1.29, 1.82) is 0 Å². The lowest BCUT2D eigenvalue weighted by Gasteiger charge is -2.22. The van der Waals surface area contributed by atoms with Gasteiger partial charge in [-0.25, -0.2) is 9.18 Å². The molecular weight excluding hydrogens is 245 g/mol. The van der Waals surface area contributed by atoms with E-state index in [2.05, 4.69) is 5.32 Å². The molecule has 0 aromatic heterocycles. The van der Waals surface area contributed by atoms with E-state index in [-0.39, 0.29) is 23.4 Å². The van der Waals surface area contributed by atoms with Crippen molar-refractivity contribution in [3.05, 3.63) is 35.6 Å². The summed E-state index contributed by atoms with van der Waals surface area (Å²) in [7, 11) is 0. The first-order chi connectivity index (χ1) is 8.87. The van der Waals surface area contributed by atoms with Crippen LogP contribution in [-0.4, -0.2) is 29.6 Å². The van der Waals surface area contributed by atoms with Crippen molar-refractivity contribution in [1.82, 2.24) is 10.2 Å². The molecule has 1 aromatic carbocycles. The van der Waals surface area contributed by atoms with Crippen molar-refractivity contribution in [3.63, 3.8) is 0 Å². The van der Waals surface area contributed by atoms with Gasteiger partial charge >= 0.3 is 6.03 Å². The molecule has 4 nitrogen and oxygen atoms in total. The Morgan fingerprint density at radius 2 is 2.16 bits per heavy atom. The molecule has 1 aliphatic heterocycles. The first-order valence-electron chi connectivity index (χ1n) is 6.45. The third kappa shape index (κ3) is 3.44. The van der Waals surface area contributed by atoms with Crippen LogP contribution in [0.3, 0.4) is 0 Å². The van der Waals surface area contributed by atoms with Gasteiger partial charge in [0.25, 0.3) is 0 Å². The topological polar surface area (TPSA) is 58.4 Å². The van der Waals surface area contributed by atoms with Crippen molar-refractivity contribution in [2.75, 3.05) is 13.1 Å². The van der Waals surface area contributed by atoms with E-state index in [1.807, 2.05) is 13.8 Å². The van der Waals surface area contributed by atoms with Gasteiger partial charge in [-0.3, -0.25) is 0 Å². The van der Waals surface area contributed by atoms with Gasteiger partial charge in [0.15, 0.2) is 0 Å². The Morgan fingerprint density at radius 3 is 2.79 bits per heavy atom. The summed E-state index contributed by atoms with van der Waals surface area (Å²) in [6, 6.07) is 6.09. The van der Waals surface area contributed by atoms with Crippen molar-refractivity contribution in [2.45, 2.75) is 31.8 Å². The van der Waals surface area contributed by atoms with Gasteiger partial charge in [-0.2, -0.15) is 0 Å². The van der Waals surface area contributed by atoms with Crippen LogP contribution in [0.1, 0.15) is 31.9 Å². The van der Waals surface area contributed by atoms with Crippen LogP contribution in [-0.2, 0) is 0 Å². The van der Waals surface area contributed by atoms with Gasteiger partial charge in [0.1, 0.15) is 5.82 Å². The summed E-state index contributed by atoms with van der Waals surface area (Å²) in [6.45, 7) is 4.92. The Bertz CT molecular complexity index is 470. The Labute approximate surface area is 112 Å². The Hall–Kier alpha value is -1.62. The number of hydrogen-bond acceptors (Lipinski definition) is 2. The van der Waals surface area contributed by atoms with Crippen LogP contribution in [0.15, 0.2) is 24.3 Å². The lowest BCUT2D eigenvalue weighted by Crippen LogP contribution is -2.38. The molecule has 3 N–H and O–H groups in total. The van der Waals surface area contributed by atoms with Gasteiger partial charge in [-0.15, -0.1) is 0 Å². The minimum Gasteiger partial charge on any atom is -0.329 e. The lowest BCUT2D eigenvalue weighted by molar-refractivity contribution is 0.213. The molecule has 0 aliphatic carbocycles. The van der Waals surface area contributed by atoms with Gasteiger partial charge in [0.05, 0.1) is 6.04 Å². The molecule has 2 amide bonds. The number of nitrogens with zero attached hydrogens (tertiary/aromatic N) is 1. The fraction of sp³-hybridized carbons (Fsp3) is 0.500. The zero-order valence-electron chi connectivity index (χ0n) is 11.3. The number of urea groups is 1. The summed E-state index contributed by atoms with van der Waals surface area (Å²) in [5.41, 5.74) is 6.13. The molecule has 1 atom stereocenters. The zero-order valence-corrected chi connectivity index (χ0v) is 11.3. The molecule has 1 heterocycles. The van der Waals surface area contributed by atoms with Gasteiger partial charge in [0.2, 0.25) is 0 Å². The maximum atomic E-state index is 13.7. The number of benzene rings is 1. The summed E-state index contributed by atoms with van der Waals surface area (Å²) >= 11 is 0. The van der Waals surface area contributed by atoms with Gasteiger partial charge in [0, 0.05) is 24.2 Å². The van der Waals surface area contributed by atoms with E-state index in [0.29, 0.717) is 25.1 Å². The van der Waals surface area contributed by atoms with Crippen LogP contribution >= 0.6 is 0 Å². The number of carbonyl (C=O) groups is 1. The van der Waals surface area contributed by atoms with E-state index >= 15 is 0 Å². The molecule has 0 bridgehead atoms. The van der Waals surface area contributed by atoms with Crippen LogP contribution in [0.25, 0.3) is 0 Å². The van der Waals surface area contributed by atoms with E-state index < -0.39 is 0 Å². The molecule has 0 spiro atoms. The number of nitrogens with two attached hydrogens (primary N) is 1. The Morgan fingerprint density at radius 1 is 1.47 bits per heavy atom. The molecule has 1 saturated heterocycles. The second kappa shape index (κ2) is 5.17. The number of carbonyl (C=O) groups excluding carboxylic acids is 1. The third-order valence-corrected chi connectivity index (χ3v) is 3.29. The molecule has 1 aromatic rings. The average Bonchev–Trinajstić information content (AvgIpc) is 2.68. The van der Waals surface area contributed by atoms with Crippen LogP contribution in [0.4, 0.5) is 9.18 Å². The highest BCUT2D eigenvalue weighted by molar-refractivity contribution is 5.77. The summed E-state index contributed by atoms with van der Waals surface area (Å²) < 4.78 is 13.7. The first kappa shape index (κ1) is 13.8. The number of hydrogen-bond donors (Lipinski definition) is 2. The van der Waals surface area contributed by atoms with Crippen LogP contribution in [0.2, 0.25) is 0 Å². The summed E-state index contributed by atoms with van der Waals surface area (Å²) in [5, 5.41) is 2.80. The van der Waals surface area contributed by atoms with E-state index in [0.717, 1.165) is 0 Å².